The first-order chi connectivity index (χ1) is 12.1. The minimum Gasteiger partial charge on any atom is -0.351 e. The summed E-state index contributed by atoms with van der Waals surface area (Å²) in [5.41, 5.74) is 1.76. The fourth-order valence-electron chi connectivity index (χ4n) is 3.70. The van der Waals surface area contributed by atoms with Gasteiger partial charge in [0.1, 0.15) is 0 Å². The van der Waals surface area contributed by atoms with Crippen LogP contribution in [0, 0.1) is 0 Å². The number of hydrogen-bond acceptors (Lipinski definition) is 3. The van der Waals surface area contributed by atoms with Gasteiger partial charge in [-0.15, -0.1) is 0 Å². The molecule has 0 saturated carbocycles. The summed E-state index contributed by atoms with van der Waals surface area (Å²) in [7, 11) is 0. The maximum absolute atomic E-state index is 12.3. The van der Waals surface area contributed by atoms with E-state index >= 15 is 0 Å². The molecular weight excluding hydrogens is 314 g/mol. The average molecular weight is 343 g/mol. The third kappa shape index (κ3) is 4.82. The normalized spacial score (nSPS) is 21.3. The highest BCUT2D eigenvalue weighted by Crippen LogP contribution is 2.16. The van der Waals surface area contributed by atoms with E-state index in [1.165, 1.54) is 19.3 Å². The van der Waals surface area contributed by atoms with Gasteiger partial charge in [-0.25, -0.2) is 0 Å². The van der Waals surface area contributed by atoms with Crippen LogP contribution in [0.15, 0.2) is 24.3 Å². The van der Waals surface area contributed by atoms with Crippen LogP contribution < -0.4 is 5.32 Å². The summed E-state index contributed by atoms with van der Waals surface area (Å²) in [6, 6.07) is 8.11. The van der Waals surface area contributed by atoms with Crippen molar-refractivity contribution in [1.29, 1.82) is 0 Å². The van der Waals surface area contributed by atoms with Gasteiger partial charge in [0, 0.05) is 31.2 Å². The van der Waals surface area contributed by atoms with Gasteiger partial charge in [-0.05, 0) is 56.8 Å². The Morgan fingerprint density at radius 1 is 1.04 bits per heavy atom. The van der Waals surface area contributed by atoms with Crippen LogP contribution in [-0.2, 0) is 11.3 Å². The van der Waals surface area contributed by atoms with Gasteiger partial charge < -0.3 is 10.2 Å². The van der Waals surface area contributed by atoms with Crippen molar-refractivity contribution in [1.82, 2.24) is 15.1 Å². The van der Waals surface area contributed by atoms with E-state index in [4.69, 9.17) is 0 Å². The molecule has 0 aromatic heterocycles. The van der Waals surface area contributed by atoms with Crippen molar-refractivity contribution in [2.45, 2.75) is 51.6 Å². The summed E-state index contributed by atoms with van der Waals surface area (Å²) in [6.07, 6.45) is 5.84. The van der Waals surface area contributed by atoms with Gasteiger partial charge in [-0.1, -0.05) is 18.6 Å². The Labute approximate surface area is 150 Å². The number of benzene rings is 1. The summed E-state index contributed by atoms with van der Waals surface area (Å²) in [5, 5.41) is 2.99. The van der Waals surface area contributed by atoms with Gasteiger partial charge in [0.15, 0.2) is 0 Å². The van der Waals surface area contributed by atoms with E-state index in [9.17, 15) is 9.59 Å². The van der Waals surface area contributed by atoms with E-state index in [0.717, 1.165) is 43.6 Å². The monoisotopic (exact) mass is 343 g/mol. The van der Waals surface area contributed by atoms with Crippen molar-refractivity contribution < 1.29 is 9.59 Å². The molecule has 2 saturated heterocycles. The molecule has 25 heavy (non-hydrogen) atoms. The number of likely N-dealkylation sites (tertiary alicyclic amines) is 2. The minimum absolute atomic E-state index is 0.0750. The van der Waals surface area contributed by atoms with Gasteiger partial charge in [-0.3, -0.25) is 14.5 Å². The molecule has 2 fully saturated rings. The zero-order chi connectivity index (χ0) is 17.6. The second-order valence-corrected chi connectivity index (χ2v) is 7.29. The van der Waals surface area contributed by atoms with Gasteiger partial charge in [0.05, 0.1) is 6.54 Å². The third-order valence-electron chi connectivity index (χ3n) is 5.37. The molecule has 0 radical (unpaired) electrons. The lowest BCUT2D eigenvalue weighted by molar-refractivity contribution is -0.123. The molecule has 1 unspecified atom stereocenters. The van der Waals surface area contributed by atoms with Crippen LogP contribution in [0.3, 0.4) is 0 Å². The molecule has 3 rings (SSSR count). The Bertz CT molecular complexity index is 593. The highest BCUT2D eigenvalue weighted by Gasteiger charge is 2.21. The molecule has 0 aliphatic carbocycles. The number of hydrogen-bond donors (Lipinski definition) is 1. The number of carbonyl (C=O) groups is 2. The maximum Gasteiger partial charge on any atom is 0.253 e. The van der Waals surface area contributed by atoms with Gasteiger partial charge in [-0.2, -0.15) is 0 Å². The Morgan fingerprint density at radius 3 is 2.40 bits per heavy atom. The Balaban J connectivity index is 1.46. The molecule has 2 amide bonds. The van der Waals surface area contributed by atoms with E-state index in [1.54, 1.807) is 0 Å². The molecular formula is C20H29N3O2. The van der Waals surface area contributed by atoms with E-state index in [0.29, 0.717) is 19.1 Å². The fraction of sp³-hybridized carbons (Fsp3) is 0.600. The van der Waals surface area contributed by atoms with Crippen LogP contribution in [0.5, 0.6) is 0 Å². The van der Waals surface area contributed by atoms with Crippen molar-refractivity contribution in [2.24, 2.45) is 0 Å². The van der Waals surface area contributed by atoms with Crippen molar-refractivity contribution in [3.8, 4) is 0 Å². The largest absolute Gasteiger partial charge is 0.351 e. The standard InChI is InChI=1S/C20H29N3O2/c1-16-6-2-3-13-23(16)15-19(24)21-14-17-7-9-18(10-8-17)20(25)22-11-4-5-12-22/h7-10,16H,2-6,11-15H2,1H3,(H,21,24). The summed E-state index contributed by atoms with van der Waals surface area (Å²) in [5.74, 6) is 0.193. The topological polar surface area (TPSA) is 52.7 Å². The van der Waals surface area contributed by atoms with E-state index in [-0.39, 0.29) is 11.8 Å². The lowest BCUT2D eigenvalue weighted by Crippen LogP contribution is -2.44. The zero-order valence-electron chi connectivity index (χ0n) is 15.2. The first kappa shape index (κ1) is 17.9. The second kappa shape index (κ2) is 8.48. The summed E-state index contributed by atoms with van der Waals surface area (Å²) in [6.45, 7) is 5.94. The summed E-state index contributed by atoms with van der Waals surface area (Å²) < 4.78 is 0. The number of nitrogens with one attached hydrogen (secondary N) is 1. The van der Waals surface area contributed by atoms with Crippen molar-refractivity contribution in [3.05, 3.63) is 35.4 Å². The van der Waals surface area contributed by atoms with Crippen LogP contribution in [0.2, 0.25) is 0 Å². The molecule has 2 heterocycles. The van der Waals surface area contributed by atoms with Crippen LogP contribution in [-0.4, -0.2) is 53.8 Å². The zero-order valence-corrected chi connectivity index (χ0v) is 15.2. The van der Waals surface area contributed by atoms with Crippen LogP contribution in [0.4, 0.5) is 0 Å². The fourth-order valence-corrected chi connectivity index (χ4v) is 3.70. The van der Waals surface area contributed by atoms with Gasteiger partial charge in [0.2, 0.25) is 5.91 Å². The SMILES string of the molecule is CC1CCCCN1CC(=O)NCc1ccc(C(=O)N2CCCC2)cc1. The molecule has 5 nitrogen and oxygen atoms in total. The molecule has 2 aliphatic heterocycles. The smallest absolute Gasteiger partial charge is 0.253 e. The Hall–Kier alpha value is -1.88. The quantitative estimate of drug-likeness (QED) is 0.893. The van der Waals surface area contributed by atoms with E-state index in [1.807, 2.05) is 29.2 Å². The number of nitrogens with zero attached hydrogens (tertiary/aromatic N) is 2. The minimum atomic E-state index is 0.0750. The molecule has 2 aliphatic rings. The molecule has 1 aromatic carbocycles. The molecule has 1 aromatic rings. The molecule has 0 spiro atoms. The van der Waals surface area contributed by atoms with Crippen LogP contribution in [0.25, 0.3) is 0 Å². The number of amides is 2. The van der Waals surface area contributed by atoms with Crippen molar-refractivity contribution >= 4 is 11.8 Å². The van der Waals surface area contributed by atoms with Gasteiger partial charge >= 0.3 is 0 Å². The van der Waals surface area contributed by atoms with Crippen molar-refractivity contribution in [2.75, 3.05) is 26.2 Å². The highest BCUT2D eigenvalue weighted by atomic mass is 16.2. The molecule has 5 heteroatoms. The van der Waals surface area contributed by atoms with Crippen LogP contribution in [0.1, 0.15) is 54.9 Å². The van der Waals surface area contributed by atoms with E-state index in [2.05, 4.69) is 17.1 Å². The molecule has 1 N–H and O–H groups in total. The number of piperidine rings is 1. The predicted molar refractivity (Wildman–Crippen MR) is 98.3 cm³/mol. The third-order valence-corrected chi connectivity index (χ3v) is 5.37. The molecule has 0 bridgehead atoms. The molecule has 136 valence electrons. The molecule has 1 atom stereocenters. The van der Waals surface area contributed by atoms with Crippen LogP contribution >= 0.6 is 0 Å². The van der Waals surface area contributed by atoms with Gasteiger partial charge in [0.25, 0.3) is 5.91 Å². The Morgan fingerprint density at radius 2 is 1.72 bits per heavy atom. The summed E-state index contributed by atoms with van der Waals surface area (Å²) in [4.78, 5) is 28.7. The average Bonchev–Trinajstić information content (AvgIpc) is 3.16. The second-order valence-electron chi connectivity index (χ2n) is 7.29. The first-order valence-electron chi connectivity index (χ1n) is 9.52. The summed E-state index contributed by atoms with van der Waals surface area (Å²) >= 11 is 0. The maximum atomic E-state index is 12.3. The predicted octanol–water partition coefficient (Wildman–Crippen LogP) is 2.41. The van der Waals surface area contributed by atoms with E-state index < -0.39 is 0 Å². The Kier molecular flexibility index (Phi) is 6.08. The van der Waals surface area contributed by atoms with Crippen molar-refractivity contribution in [3.63, 3.8) is 0 Å². The lowest BCUT2D eigenvalue weighted by Gasteiger charge is -2.32. The number of rotatable bonds is 5. The highest BCUT2D eigenvalue weighted by molar-refractivity contribution is 5.94. The first-order valence-corrected chi connectivity index (χ1v) is 9.52. The lowest BCUT2D eigenvalue weighted by atomic mass is 10.0. The number of carbonyl (C=O) groups excluding carboxylic acids is 2.